The molecule has 2 rings (SSSR count). The van der Waals surface area contributed by atoms with E-state index < -0.39 is 0 Å². The average Bonchev–Trinajstić information content (AvgIpc) is 2.44. The standard InChI is InChI=1S/C16H22N2O/c1-16(8-3-2-4-9-16)18-13-14-6-5-7-15(12-14)19-11-10-17/h5-7,12,18H,2-4,8-9,11,13H2,1H3. The maximum atomic E-state index is 8.52. The van der Waals surface area contributed by atoms with Gasteiger partial charge in [0.25, 0.3) is 0 Å². The second-order valence-corrected chi connectivity index (χ2v) is 5.57. The quantitative estimate of drug-likeness (QED) is 0.880. The fourth-order valence-corrected chi connectivity index (χ4v) is 2.69. The molecule has 0 amide bonds. The van der Waals surface area contributed by atoms with Crippen molar-refractivity contribution >= 4 is 0 Å². The molecule has 1 N–H and O–H groups in total. The summed E-state index contributed by atoms with van der Waals surface area (Å²) in [4.78, 5) is 0. The van der Waals surface area contributed by atoms with Gasteiger partial charge in [-0.2, -0.15) is 5.26 Å². The number of nitrogens with one attached hydrogen (secondary N) is 1. The Kier molecular flexibility index (Phi) is 4.81. The summed E-state index contributed by atoms with van der Waals surface area (Å²) in [6.07, 6.45) is 6.55. The SMILES string of the molecule is CC1(NCc2cccc(OCC#N)c2)CCCCC1. The van der Waals surface area contributed by atoms with E-state index in [-0.39, 0.29) is 12.1 Å². The van der Waals surface area contributed by atoms with E-state index in [9.17, 15) is 0 Å². The van der Waals surface area contributed by atoms with E-state index in [2.05, 4.69) is 18.3 Å². The fraction of sp³-hybridized carbons (Fsp3) is 0.562. The molecular formula is C16H22N2O. The number of rotatable bonds is 5. The molecule has 1 aliphatic carbocycles. The lowest BCUT2D eigenvalue weighted by Gasteiger charge is -2.34. The largest absolute Gasteiger partial charge is 0.479 e. The Hall–Kier alpha value is -1.53. The lowest BCUT2D eigenvalue weighted by atomic mass is 9.83. The molecule has 1 aromatic carbocycles. The molecule has 1 fully saturated rings. The van der Waals surface area contributed by atoms with Gasteiger partial charge < -0.3 is 10.1 Å². The summed E-state index contributed by atoms with van der Waals surface area (Å²) in [5, 5.41) is 12.2. The van der Waals surface area contributed by atoms with Crippen molar-refractivity contribution in [3.8, 4) is 11.8 Å². The van der Waals surface area contributed by atoms with Crippen LogP contribution < -0.4 is 10.1 Å². The molecular weight excluding hydrogens is 236 g/mol. The molecule has 0 aliphatic heterocycles. The number of hydrogen-bond donors (Lipinski definition) is 1. The van der Waals surface area contributed by atoms with Gasteiger partial charge in [0.2, 0.25) is 0 Å². The summed E-state index contributed by atoms with van der Waals surface area (Å²) in [6.45, 7) is 3.29. The summed E-state index contributed by atoms with van der Waals surface area (Å²) in [7, 11) is 0. The molecule has 3 nitrogen and oxygen atoms in total. The molecule has 3 heteroatoms. The van der Waals surface area contributed by atoms with Crippen molar-refractivity contribution in [3.05, 3.63) is 29.8 Å². The second kappa shape index (κ2) is 6.58. The van der Waals surface area contributed by atoms with Crippen LogP contribution in [0.5, 0.6) is 5.75 Å². The summed E-state index contributed by atoms with van der Waals surface area (Å²) >= 11 is 0. The van der Waals surface area contributed by atoms with Crippen molar-refractivity contribution < 1.29 is 4.74 Å². The zero-order valence-corrected chi connectivity index (χ0v) is 11.6. The van der Waals surface area contributed by atoms with Gasteiger partial charge in [0.1, 0.15) is 11.8 Å². The smallest absolute Gasteiger partial charge is 0.174 e. The molecule has 0 radical (unpaired) electrons. The van der Waals surface area contributed by atoms with Gasteiger partial charge >= 0.3 is 0 Å². The highest BCUT2D eigenvalue weighted by molar-refractivity contribution is 5.28. The van der Waals surface area contributed by atoms with Gasteiger partial charge in [0, 0.05) is 12.1 Å². The first kappa shape index (κ1) is 13.9. The molecule has 1 saturated carbocycles. The van der Waals surface area contributed by atoms with Gasteiger partial charge in [-0.05, 0) is 37.5 Å². The highest BCUT2D eigenvalue weighted by Crippen LogP contribution is 2.28. The van der Waals surface area contributed by atoms with Crippen LogP contribution in [0.25, 0.3) is 0 Å². The van der Waals surface area contributed by atoms with Gasteiger partial charge in [0.05, 0.1) is 0 Å². The second-order valence-electron chi connectivity index (χ2n) is 5.57. The molecule has 1 aliphatic rings. The van der Waals surface area contributed by atoms with Gasteiger partial charge in [0.15, 0.2) is 6.61 Å². The van der Waals surface area contributed by atoms with Crippen LogP contribution in [0.3, 0.4) is 0 Å². The number of ether oxygens (including phenoxy) is 1. The molecule has 19 heavy (non-hydrogen) atoms. The summed E-state index contributed by atoms with van der Waals surface area (Å²) in [5.41, 5.74) is 1.49. The highest BCUT2D eigenvalue weighted by Gasteiger charge is 2.25. The third kappa shape index (κ3) is 4.25. The molecule has 0 heterocycles. The molecule has 1 aromatic rings. The highest BCUT2D eigenvalue weighted by atomic mass is 16.5. The number of nitrogens with zero attached hydrogens (tertiary/aromatic N) is 1. The first-order valence-corrected chi connectivity index (χ1v) is 7.06. The molecule has 0 unspecified atom stereocenters. The Morgan fingerprint density at radius 2 is 2.11 bits per heavy atom. The monoisotopic (exact) mass is 258 g/mol. The number of benzene rings is 1. The van der Waals surface area contributed by atoms with Crippen molar-refractivity contribution in [3.63, 3.8) is 0 Å². The van der Waals surface area contributed by atoms with Gasteiger partial charge in [-0.25, -0.2) is 0 Å². The van der Waals surface area contributed by atoms with Crippen LogP contribution in [-0.4, -0.2) is 12.1 Å². The zero-order valence-electron chi connectivity index (χ0n) is 11.6. The van der Waals surface area contributed by atoms with Crippen molar-refractivity contribution in [2.75, 3.05) is 6.61 Å². The average molecular weight is 258 g/mol. The van der Waals surface area contributed by atoms with Gasteiger partial charge in [-0.1, -0.05) is 31.4 Å². The Balaban J connectivity index is 1.90. The first-order chi connectivity index (χ1) is 9.22. The minimum Gasteiger partial charge on any atom is -0.479 e. The Bertz CT molecular complexity index is 444. The summed E-state index contributed by atoms with van der Waals surface area (Å²) < 4.78 is 5.32. The van der Waals surface area contributed by atoms with Crippen LogP contribution in [0.4, 0.5) is 0 Å². The molecule has 0 bridgehead atoms. The van der Waals surface area contributed by atoms with E-state index in [0.717, 1.165) is 12.3 Å². The zero-order chi connectivity index (χ0) is 13.6. The predicted molar refractivity (Wildman–Crippen MR) is 75.9 cm³/mol. The summed E-state index contributed by atoms with van der Waals surface area (Å²) in [6, 6.07) is 9.96. The third-order valence-electron chi connectivity index (χ3n) is 3.88. The Morgan fingerprint density at radius 1 is 1.32 bits per heavy atom. The van der Waals surface area contributed by atoms with E-state index in [1.54, 1.807) is 0 Å². The molecule has 0 saturated heterocycles. The van der Waals surface area contributed by atoms with E-state index in [4.69, 9.17) is 10.00 Å². The lowest BCUT2D eigenvalue weighted by molar-refractivity contribution is 0.252. The topological polar surface area (TPSA) is 45.0 Å². The normalized spacial score (nSPS) is 17.7. The van der Waals surface area contributed by atoms with Crippen LogP contribution in [0.2, 0.25) is 0 Å². The first-order valence-electron chi connectivity index (χ1n) is 7.06. The van der Waals surface area contributed by atoms with E-state index in [1.165, 1.54) is 37.7 Å². The minimum absolute atomic E-state index is 0.106. The number of hydrogen-bond acceptors (Lipinski definition) is 3. The van der Waals surface area contributed by atoms with Crippen LogP contribution in [0.15, 0.2) is 24.3 Å². The molecule has 0 aromatic heterocycles. The van der Waals surface area contributed by atoms with E-state index in [1.807, 2.05) is 24.3 Å². The Morgan fingerprint density at radius 3 is 2.84 bits per heavy atom. The van der Waals surface area contributed by atoms with Crippen LogP contribution in [-0.2, 0) is 6.54 Å². The lowest BCUT2D eigenvalue weighted by Crippen LogP contribution is -2.43. The van der Waals surface area contributed by atoms with Crippen molar-refractivity contribution in [2.24, 2.45) is 0 Å². The van der Waals surface area contributed by atoms with E-state index in [0.29, 0.717) is 0 Å². The maximum absolute atomic E-state index is 8.52. The molecule has 102 valence electrons. The molecule has 0 atom stereocenters. The Labute approximate surface area is 115 Å². The van der Waals surface area contributed by atoms with Crippen molar-refractivity contribution in [1.29, 1.82) is 5.26 Å². The number of nitriles is 1. The third-order valence-corrected chi connectivity index (χ3v) is 3.88. The van der Waals surface area contributed by atoms with E-state index >= 15 is 0 Å². The van der Waals surface area contributed by atoms with Crippen LogP contribution in [0, 0.1) is 11.3 Å². The fourth-order valence-electron chi connectivity index (χ4n) is 2.69. The predicted octanol–water partition coefficient (Wildman–Crippen LogP) is 3.40. The van der Waals surface area contributed by atoms with Crippen LogP contribution >= 0.6 is 0 Å². The van der Waals surface area contributed by atoms with Crippen LogP contribution in [0.1, 0.15) is 44.6 Å². The van der Waals surface area contributed by atoms with Gasteiger partial charge in [-0.3, -0.25) is 0 Å². The van der Waals surface area contributed by atoms with Crippen molar-refractivity contribution in [1.82, 2.24) is 5.32 Å². The molecule has 0 spiro atoms. The van der Waals surface area contributed by atoms with Crippen molar-refractivity contribution in [2.45, 2.75) is 51.1 Å². The maximum Gasteiger partial charge on any atom is 0.174 e. The van der Waals surface area contributed by atoms with Gasteiger partial charge in [-0.15, -0.1) is 0 Å². The minimum atomic E-state index is 0.106. The summed E-state index contributed by atoms with van der Waals surface area (Å²) in [5.74, 6) is 0.773.